The maximum Gasteiger partial charge on any atom is 0.244 e. The first kappa shape index (κ1) is 27.1. The van der Waals surface area contributed by atoms with Crippen molar-refractivity contribution in [3.63, 3.8) is 0 Å². The molecule has 1 fully saturated rings. The zero-order valence-electron chi connectivity index (χ0n) is 19.9. The van der Waals surface area contributed by atoms with Crippen LogP contribution in [0.5, 0.6) is 0 Å². The molecule has 35 heavy (non-hydrogen) atoms. The van der Waals surface area contributed by atoms with Gasteiger partial charge < -0.3 is 10.2 Å². The number of amides is 2. The summed E-state index contributed by atoms with van der Waals surface area (Å²) in [4.78, 5) is 28.0. The summed E-state index contributed by atoms with van der Waals surface area (Å²) in [5.74, 6) is -1.46. The minimum atomic E-state index is -3.90. The van der Waals surface area contributed by atoms with E-state index in [2.05, 4.69) is 21.2 Å². The van der Waals surface area contributed by atoms with Crippen LogP contribution in [-0.4, -0.2) is 50.0 Å². The van der Waals surface area contributed by atoms with Crippen LogP contribution in [0.3, 0.4) is 0 Å². The second kappa shape index (κ2) is 12.0. The summed E-state index contributed by atoms with van der Waals surface area (Å²) in [6.07, 6.45) is 6.03. The number of benzene rings is 2. The first-order valence-corrected chi connectivity index (χ1v) is 14.3. The lowest BCUT2D eigenvalue weighted by Crippen LogP contribution is -2.52. The van der Waals surface area contributed by atoms with E-state index in [0.717, 1.165) is 58.8 Å². The van der Waals surface area contributed by atoms with E-state index < -0.39 is 34.3 Å². The van der Waals surface area contributed by atoms with E-state index in [1.165, 1.54) is 23.1 Å². The number of nitrogens with zero attached hydrogens (tertiary/aromatic N) is 2. The van der Waals surface area contributed by atoms with Crippen LogP contribution in [-0.2, 0) is 26.2 Å². The van der Waals surface area contributed by atoms with Crippen molar-refractivity contribution < 1.29 is 22.4 Å². The number of nitrogens with one attached hydrogen (secondary N) is 1. The topological polar surface area (TPSA) is 86.8 Å². The minimum absolute atomic E-state index is 0.0451. The van der Waals surface area contributed by atoms with Gasteiger partial charge in [-0.05, 0) is 55.7 Å². The fourth-order valence-corrected chi connectivity index (χ4v) is 5.29. The van der Waals surface area contributed by atoms with Crippen molar-refractivity contribution in [1.29, 1.82) is 0 Å². The van der Waals surface area contributed by atoms with Crippen LogP contribution in [0, 0.1) is 5.82 Å². The van der Waals surface area contributed by atoms with Crippen LogP contribution in [0.25, 0.3) is 0 Å². The quantitative estimate of drug-likeness (QED) is 0.491. The first-order chi connectivity index (χ1) is 16.5. The highest BCUT2D eigenvalue weighted by molar-refractivity contribution is 9.10. The molecule has 1 N–H and O–H groups in total. The molecule has 1 atom stereocenters. The molecule has 0 aromatic heterocycles. The zero-order valence-corrected chi connectivity index (χ0v) is 22.3. The number of rotatable bonds is 9. The summed E-state index contributed by atoms with van der Waals surface area (Å²) in [6.45, 7) is 1.20. The monoisotopic (exact) mass is 567 g/mol. The molecule has 0 bridgehead atoms. The third-order valence-electron chi connectivity index (χ3n) is 6.16. The van der Waals surface area contributed by atoms with Gasteiger partial charge in [0.2, 0.25) is 21.8 Å². The van der Waals surface area contributed by atoms with Crippen LogP contribution in [0.2, 0.25) is 0 Å². The summed E-state index contributed by atoms with van der Waals surface area (Å²) in [7, 11) is -3.90. The third-order valence-corrected chi connectivity index (χ3v) is 7.83. The molecule has 0 aliphatic heterocycles. The Morgan fingerprint density at radius 1 is 1.11 bits per heavy atom. The largest absolute Gasteiger partial charge is 0.352 e. The standard InChI is InChI=1S/C25H31BrFN3O4S/c1-18(25(32)28-22-8-4-3-5-9-22)29(16-19-11-13-20(26)14-12-19)24(31)17-30(35(2,33)34)23-10-6-7-21(27)15-23/h6-7,10-15,18,22H,3-5,8-9,16-17H2,1-2H3,(H,28,32)/t18-/m0/s1. The van der Waals surface area contributed by atoms with Crippen molar-refractivity contribution in [2.45, 2.75) is 57.7 Å². The predicted molar refractivity (Wildman–Crippen MR) is 138 cm³/mol. The Balaban J connectivity index is 1.86. The normalized spacial score (nSPS) is 15.3. The average molecular weight is 569 g/mol. The van der Waals surface area contributed by atoms with Crippen molar-refractivity contribution in [2.75, 3.05) is 17.1 Å². The Morgan fingerprint density at radius 3 is 2.37 bits per heavy atom. The first-order valence-electron chi connectivity index (χ1n) is 11.6. The second-order valence-electron chi connectivity index (χ2n) is 8.92. The molecule has 0 saturated heterocycles. The number of halogens is 2. The zero-order chi connectivity index (χ0) is 25.6. The predicted octanol–water partition coefficient (Wildman–Crippen LogP) is 4.22. The van der Waals surface area contributed by atoms with E-state index >= 15 is 0 Å². The van der Waals surface area contributed by atoms with Gasteiger partial charge in [0.1, 0.15) is 18.4 Å². The van der Waals surface area contributed by atoms with Crippen molar-refractivity contribution in [2.24, 2.45) is 0 Å². The Kier molecular flexibility index (Phi) is 9.29. The Labute approximate surface area is 214 Å². The van der Waals surface area contributed by atoms with Crippen LogP contribution in [0.4, 0.5) is 10.1 Å². The van der Waals surface area contributed by atoms with E-state index in [-0.39, 0.29) is 24.2 Å². The van der Waals surface area contributed by atoms with Crippen molar-refractivity contribution in [1.82, 2.24) is 10.2 Å². The molecule has 1 aliphatic carbocycles. The van der Waals surface area contributed by atoms with Crippen LogP contribution in [0.1, 0.15) is 44.6 Å². The van der Waals surface area contributed by atoms with Gasteiger partial charge in [-0.3, -0.25) is 13.9 Å². The molecule has 190 valence electrons. The molecule has 0 spiro atoms. The molecule has 1 saturated carbocycles. The smallest absolute Gasteiger partial charge is 0.244 e. The van der Waals surface area contributed by atoms with Crippen molar-refractivity contribution in [3.05, 3.63) is 64.4 Å². The van der Waals surface area contributed by atoms with Gasteiger partial charge >= 0.3 is 0 Å². The molecular formula is C25H31BrFN3O4S. The molecular weight excluding hydrogens is 537 g/mol. The molecule has 2 aromatic carbocycles. The Morgan fingerprint density at radius 2 is 1.77 bits per heavy atom. The lowest BCUT2D eigenvalue weighted by atomic mass is 9.95. The molecule has 2 amide bonds. The van der Waals surface area contributed by atoms with Gasteiger partial charge in [-0.1, -0.05) is 53.4 Å². The molecule has 3 rings (SSSR count). The molecule has 2 aromatic rings. The van der Waals surface area contributed by atoms with E-state index in [1.807, 2.05) is 24.3 Å². The van der Waals surface area contributed by atoms with E-state index in [9.17, 15) is 22.4 Å². The van der Waals surface area contributed by atoms with Gasteiger partial charge in [0.15, 0.2) is 0 Å². The number of carbonyl (C=O) groups is 2. The van der Waals surface area contributed by atoms with E-state index in [0.29, 0.717) is 0 Å². The van der Waals surface area contributed by atoms with Gasteiger partial charge in [-0.25, -0.2) is 12.8 Å². The average Bonchev–Trinajstić information content (AvgIpc) is 2.81. The molecule has 1 aliphatic rings. The number of hydrogen-bond acceptors (Lipinski definition) is 4. The van der Waals surface area contributed by atoms with Gasteiger partial charge in [-0.15, -0.1) is 0 Å². The van der Waals surface area contributed by atoms with E-state index in [4.69, 9.17) is 0 Å². The van der Waals surface area contributed by atoms with Crippen LogP contribution >= 0.6 is 15.9 Å². The summed E-state index contributed by atoms with van der Waals surface area (Å²) >= 11 is 3.39. The van der Waals surface area contributed by atoms with Gasteiger partial charge in [-0.2, -0.15) is 0 Å². The highest BCUT2D eigenvalue weighted by Gasteiger charge is 2.31. The maximum absolute atomic E-state index is 13.8. The number of hydrogen-bond donors (Lipinski definition) is 1. The minimum Gasteiger partial charge on any atom is -0.352 e. The number of anilines is 1. The molecule has 0 unspecified atom stereocenters. The molecule has 0 radical (unpaired) electrons. The second-order valence-corrected chi connectivity index (χ2v) is 11.7. The molecule has 0 heterocycles. The van der Waals surface area contributed by atoms with Crippen molar-refractivity contribution in [3.8, 4) is 0 Å². The van der Waals surface area contributed by atoms with Gasteiger partial charge in [0.05, 0.1) is 11.9 Å². The fourth-order valence-electron chi connectivity index (χ4n) is 4.18. The Bertz CT molecular complexity index is 1140. The summed E-state index contributed by atoms with van der Waals surface area (Å²) in [5.41, 5.74) is 0.833. The molecule has 10 heteroatoms. The lowest BCUT2D eigenvalue weighted by Gasteiger charge is -2.33. The summed E-state index contributed by atoms with van der Waals surface area (Å²) < 4.78 is 40.6. The fraction of sp³-hybridized carbons (Fsp3) is 0.440. The maximum atomic E-state index is 13.8. The lowest BCUT2D eigenvalue weighted by molar-refractivity contribution is -0.139. The van der Waals surface area contributed by atoms with Gasteiger partial charge in [0, 0.05) is 17.1 Å². The SMILES string of the molecule is C[C@@H](C(=O)NC1CCCCC1)N(Cc1ccc(Br)cc1)C(=O)CN(c1cccc(F)c1)S(C)(=O)=O. The molecule has 7 nitrogen and oxygen atoms in total. The summed E-state index contributed by atoms with van der Waals surface area (Å²) in [6, 6.07) is 11.6. The Hall–Kier alpha value is -2.46. The summed E-state index contributed by atoms with van der Waals surface area (Å²) in [5, 5.41) is 3.05. The third kappa shape index (κ3) is 7.76. The highest BCUT2D eigenvalue weighted by atomic mass is 79.9. The highest BCUT2D eigenvalue weighted by Crippen LogP contribution is 2.21. The van der Waals surface area contributed by atoms with E-state index in [1.54, 1.807) is 6.92 Å². The number of carbonyl (C=O) groups excluding carboxylic acids is 2. The van der Waals surface area contributed by atoms with Crippen LogP contribution in [0.15, 0.2) is 53.0 Å². The number of sulfonamides is 1. The van der Waals surface area contributed by atoms with Crippen molar-refractivity contribution >= 4 is 43.5 Å². The van der Waals surface area contributed by atoms with Gasteiger partial charge in [0.25, 0.3) is 0 Å². The van der Waals surface area contributed by atoms with Crippen LogP contribution < -0.4 is 9.62 Å².